The van der Waals surface area contributed by atoms with E-state index in [1.165, 1.54) is 12.1 Å². The maximum absolute atomic E-state index is 12.3. The van der Waals surface area contributed by atoms with Gasteiger partial charge in [0.05, 0.1) is 11.1 Å². The molecule has 0 aromatic heterocycles. The van der Waals surface area contributed by atoms with Crippen LogP contribution in [0.5, 0.6) is 0 Å². The van der Waals surface area contributed by atoms with E-state index in [2.05, 4.69) is 5.32 Å². The van der Waals surface area contributed by atoms with Gasteiger partial charge in [-0.3, -0.25) is 5.41 Å². The van der Waals surface area contributed by atoms with Crippen LogP contribution >= 0.6 is 0 Å². The van der Waals surface area contributed by atoms with E-state index in [-0.39, 0.29) is 23.6 Å². The summed E-state index contributed by atoms with van der Waals surface area (Å²) in [7, 11) is 0. The standard InChI is InChI=1S/C14H19N3O4/c1-14(2,3)21-12(20)10-8(7-17-13(15)16)5-4-6-9(10)11(18)19/h4-6H,7H2,1-3H3,(H,18,19)(H4,15,16,17). The Labute approximate surface area is 122 Å². The first-order valence-corrected chi connectivity index (χ1v) is 6.28. The maximum atomic E-state index is 12.3. The fourth-order valence-electron chi connectivity index (χ4n) is 1.69. The van der Waals surface area contributed by atoms with Crippen LogP contribution in [0, 0.1) is 5.41 Å². The smallest absolute Gasteiger partial charge is 0.339 e. The van der Waals surface area contributed by atoms with E-state index in [0.717, 1.165) is 0 Å². The van der Waals surface area contributed by atoms with Gasteiger partial charge >= 0.3 is 11.9 Å². The fraction of sp³-hybridized carbons (Fsp3) is 0.357. The number of aromatic carboxylic acids is 1. The Bertz CT molecular complexity index is 576. The second-order valence-corrected chi connectivity index (χ2v) is 5.41. The first-order valence-electron chi connectivity index (χ1n) is 6.28. The molecule has 0 aliphatic carbocycles. The van der Waals surface area contributed by atoms with E-state index in [1.54, 1.807) is 26.8 Å². The summed E-state index contributed by atoms with van der Waals surface area (Å²) in [5.74, 6) is -2.22. The molecule has 0 unspecified atom stereocenters. The molecule has 1 aromatic carbocycles. The van der Waals surface area contributed by atoms with Crippen molar-refractivity contribution in [2.75, 3.05) is 0 Å². The number of nitrogens with two attached hydrogens (primary N) is 1. The minimum atomic E-state index is -1.22. The van der Waals surface area contributed by atoms with Gasteiger partial charge in [0.25, 0.3) is 0 Å². The Balaban J connectivity index is 3.25. The number of nitrogens with one attached hydrogen (secondary N) is 2. The van der Waals surface area contributed by atoms with E-state index in [9.17, 15) is 14.7 Å². The van der Waals surface area contributed by atoms with E-state index in [0.29, 0.717) is 5.56 Å². The summed E-state index contributed by atoms with van der Waals surface area (Å²) in [5, 5.41) is 18.9. The van der Waals surface area contributed by atoms with Gasteiger partial charge in [0.2, 0.25) is 0 Å². The van der Waals surface area contributed by atoms with Crippen LogP contribution < -0.4 is 11.1 Å². The van der Waals surface area contributed by atoms with Crippen LogP contribution in [0.4, 0.5) is 0 Å². The maximum Gasteiger partial charge on any atom is 0.339 e. The van der Waals surface area contributed by atoms with E-state index < -0.39 is 17.5 Å². The molecule has 0 saturated heterocycles. The van der Waals surface area contributed by atoms with Gasteiger partial charge in [-0.05, 0) is 32.4 Å². The Morgan fingerprint density at radius 2 is 2.00 bits per heavy atom. The van der Waals surface area contributed by atoms with Crippen molar-refractivity contribution in [1.29, 1.82) is 5.41 Å². The zero-order chi connectivity index (χ0) is 16.2. The molecule has 0 bridgehead atoms. The number of carbonyl (C=O) groups is 2. The summed E-state index contributed by atoms with van der Waals surface area (Å²) in [6, 6.07) is 4.44. The average molecular weight is 293 g/mol. The predicted molar refractivity (Wildman–Crippen MR) is 77.3 cm³/mol. The molecule has 0 heterocycles. The highest BCUT2D eigenvalue weighted by Gasteiger charge is 2.25. The Hall–Kier alpha value is -2.57. The van der Waals surface area contributed by atoms with Gasteiger partial charge in [0.15, 0.2) is 5.96 Å². The van der Waals surface area contributed by atoms with Gasteiger partial charge in [0.1, 0.15) is 5.60 Å². The van der Waals surface area contributed by atoms with Crippen LogP contribution in [-0.2, 0) is 11.3 Å². The molecular formula is C14H19N3O4. The summed E-state index contributed by atoms with van der Waals surface area (Å²) in [5.41, 5.74) is 4.69. The minimum absolute atomic E-state index is 0.0336. The zero-order valence-corrected chi connectivity index (χ0v) is 12.2. The molecule has 1 aromatic rings. The van der Waals surface area contributed by atoms with Gasteiger partial charge in [-0.1, -0.05) is 12.1 Å². The van der Waals surface area contributed by atoms with Crippen LogP contribution in [0.2, 0.25) is 0 Å². The number of carboxylic acid groups (broad SMARTS) is 1. The van der Waals surface area contributed by atoms with Gasteiger partial charge in [0, 0.05) is 6.54 Å². The average Bonchev–Trinajstić information content (AvgIpc) is 2.33. The highest BCUT2D eigenvalue weighted by Crippen LogP contribution is 2.20. The summed E-state index contributed by atoms with van der Waals surface area (Å²) in [6.45, 7) is 5.15. The first kappa shape index (κ1) is 16.5. The van der Waals surface area contributed by atoms with E-state index in [4.69, 9.17) is 15.9 Å². The third-order valence-corrected chi connectivity index (χ3v) is 2.45. The second-order valence-electron chi connectivity index (χ2n) is 5.41. The third-order valence-electron chi connectivity index (χ3n) is 2.45. The summed E-state index contributed by atoms with van der Waals surface area (Å²) in [6.07, 6.45) is 0. The Morgan fingerprint density at radius 1 is 1.38 bits per heavy atom. The van der Waals surface area contributed by atoms with Gasteiger partial charge in [-0.25, -0.2) is 9.59 Å². The molecule has 0 saturated carbocycles. The van der Waals surface area contributed by atoms with Crippen LogP contribution in [0.1, 0.15) is 47.1 Å². The Kier molecular flexibility index (Phi) is 4.91. The Morgan fingerprint density at radius 3 is 2.48 bits per heavy atom. The van der Waals surface area contributed by atoms with Crippen LogP contribution in [0.15, 0.2) is 18.2 Å². The molecule has 114 valence electrons. The number of esters is 1. The molecule has 1 rings (SSSR count). The number of carboxylic acids is 1. The highest BCUT2D eigenvalue weighted by molar-refractivity contribution is 6.03. The quantitative estimate of drug-likeness (QED) is 0.377. The molecule has 0 amide bonds. The van der Waals surface area contributed by atoms with Gasteiger partial charge < -0.3 is 20.9 Å². The lowest BCUT2D eigenvalue weighted by atomic mass is 10.0. The lowest BCUT2D eigenvalue weighted by Crippen LogP contribution is -2.31. The predicted octanol–water partition coefficient (Wildman–Crippen LogP) is 1.32. The molecule has 7 heteroatoms. The van der Waals surface area contributed by atoms with E-state index in [1.807, 2.05) is 0 Å². The lowest BCUT2D eigenvalue weighted by molar-refractivity contribution is 0.00645. The second kappa shape index (κ2) is 6.25. The molecule has 7 nitrogen and oxygen atoms in total. The van der Waals surface area contributed by atoms with Crippen molar-refractivity contribution in [3.8, 4) is 0 Å². The van der Waals surface area contributed by atoms with Crippen LogP contribution in [0.25, 0.3) is 0 Å². The van der Waals surface area contributed by atoms with Crippen molar-refractivity contribution in [2.24, 2.45) is 5.73 Å². The molecule has 0 spiro atoms. The third kappa shape index (κ3) is 4.79. The number of rotatable bonds is 4. The number of hydrogen-bond donors (Lipinski definition) is 4. The van der Waals surface area contributed by atoms with E-state index >= 15 is 0 Å². The van der Waals surface area contributed by atoms with Crippen LogP contribution in [-0.4, -0.2) is 28.6 Å². The molecule has 0 aliphatic heterocycles. The van der Waals surface area contributed by atoms with Gasteiger partial charge in [-0.15, -0.1) is 0 Å². The van der Waals surface area contributed by atoms with Crippen molar-refractivity contribution in [1.82, 2.24) is 5.32 Å². The first-order chi connectivity index (χ1) is 9.61. The fourth-order valence-corrected chi connectivity index (χ4v) is 1.69. The molecule has 5 N–H and O–H groups in total. The van der Waals surface area contributed by atoms with Gasteiger partial charge in [-0.2, -0.15) is 0 Å². The summed E-state index contributed by atoms with van der Waals surface area (Å²) >= 11 is 0. The number of benzene rings is 1. The normalized spacial score (nSPS) is 10.8. The number of carbonyl (C=O) groups excluding carboxylic acids is 1. The lowest BCUT2D eigenvalue weighted by Gasteiger charge is -2.21. The van der Waals surface area contributed by atoms with Crippen molar-refractivity contribution < 1.29 is 19.4 Å². The van der Waals surface area contributed by atoms with Crippen molar-refractivity contribution in [3.63, 3.8) is 0 Å². The van der Waals surface area contributed by atoms with Crippen LogP contribution in [0.3, 0.4) is 0 Å². The van der Waals surface area contributed by atoms with Crippen molar-refractivity contribution in [3.05, 3.63) is 34.9 Å². The number of ether oxygens (including phenoxy) is 1. The molecule has 0 atom stereocenters. The number of guanidine groups is 1. The molecule has 0 fully saturated rings. The summed E-state index contributed by atoms with van der Waals surface area (Å²) in [4.78, 5) is 23.5. The largest absolute Gasteiger partial charge is 0.478 e. The van der Waals surface area contributed by atoms with Crippen molar-refractivity contribution >= 4 is 17.9 Å². The molecule has 0 radical (unpaired) electrons. The van der Waals surface area contributed by atoms with Crippen molar-refractivity contribution in [2.45, 2.75) is 32.9 Å². The monoisotopic (exact) mass is 293 g/mol. The number of hydrogen-bond acceptors (Lipinski definition) is 4. The molecular weight excluding hydrogens is 274 g/mol. The minimum Gasteiger partial charge on any atom is -0.478 e. The molecule has 0 aliphatic rings. The molecule has 21 heavy (non-hydrogen) atoms. The zero-order valence-electron chi connectivity index (χ0n) is 12.2. The topological polar surface area (TPSA) is 126 Å². The summed E-state index contributed by atoms with van der Waals surface area (Å²) < 4.78 is 5.25. The SMILES string of the molecule is CC(C)(C)OC(=O)c1c(CNC(=N)N)cccc1C(=O)O. The highest BCUT2D eigenvalue weighted by atomic mass is 16.6.